The molecule has 2 atom stereocenters. The number of carbonyl (C=O) groups excluding carboxylic acids is 1. The van der Waals surface area contributed by atoms with E-state index in [0.29, 0.717) is 5.76 Å². The van der Waals surface area contributed by atoms with Gasteiger partial charge in [0.15, 0.2) is 12.2 Å². The molecule has 1 aliphatic carbocycles. The summed E-state index contributed by atoms with van der Waals surface area (Å²) in [5.41, 5.74) is 7.56. The highest BCUT2D eigenvalue weighted by atomic mass is 16.3. The molecule has 5 heteroatoms. The van der Waals surface area contributed by atoms with Gasteiger partial charge in [-0.05, 0) is 43.5 Å². The average Bonchev–Trinajstić information content (AvgIpc) is 3.10. The quantitative estimate of drug-likeness (QED) is 0.898. The molecular formula is C15H17N3O2. The lowest BCUT2D eigenvalue weighted by Crippen LogP contribution is -2.23. The second-order valence-corrected chi connectivity index (χ2v) is 5.20. The van der Waals surface area contributed by atoms with Crippen LogP contribution in [0.15, 0.2) is 41.3 Å². The Hall–Kier alpha value is -2.14. The summed E-state index contributed by atoms with van der Waals surface area (Å²) < 4.78 is 5.22. The van der Waals surface area contributed by atoms with E-state index in [2.05, 4.69) is 10.3 Å². The van der Waals surface area contributed by atoms with Crippen molar-refractivity contribution in [2.45, 2.75) is 25.3 Å². The van der Waals surface area contributed by atoms with Crippen molar-refractivity contribution in [3.05, 3.63) is 36.9 Å². The SMILES string of the molecule is NC1CCC(C(=O)Nc2ccc(-c3cnco3)cc2)C1. The smallest absolute Gasteiger partial charge is 0.227 e. The molecule has 0 spiro atoms. The molecule has 5 nitrogen and oxygen atoms in total. The number of nitrogens with two attached hydrogens (primary N) is 1. The Labute approximate surface area is 117 Å². The summed E-state index contributed by atoms with van der Waals surface area (Å²) in [5.74, 6) is 0.814. The van der Waals surface area contributed by atoms with E-state index >= 15 is 0 Å². The number of hydrogen-bond donors (Lipinski definition) is 2. The van der Waals surface area contributed by atoms with Crippen molar-refractivity contribution < 1.29 is 9.21 Å². The standard InChI is InChI=1S/C15H17N3O2/c16-12-4-1-11(7-12)15(19)18-13-5-2-10(3-6-13)14-8-17-9-20-14/h2-3,5-6,8-9,11-12H,1,4,7,16H2,(H,18,19). The molecule has 0 bridgehead atoms. The van der Waals surface area contributed by atoms with E-state index < -0.39 is 0 Å². The van der Waals surface area contributed by atoms with E-state index in [1.54, 1.807) is 6.20 Å². The molecule has 2 aromatic rings. The number of benzene rings is 1. The van der Waals surface area contributed by atoms with Crippen LogP contribution in [0.4, 0.5) is 5.69 Å². The van der Waals surface area contributed by atoms with Gasteiger partial charge in [0, 0.05) is 23.2 Å². The fourth-order valence-corrected chi connectivity index (χ4v) is 2.58. The molecule has 1 fully saturated rings. The van der Waals surface area contributed by atoms with Crippen LogP contribution >= 0.6 is 0 Å². The summed E-state index contributed by atoms with van der Waals surface area (Å²) in [6, 6.07) is 7.70. The highest BCUT2D eigenvalue weighted by molar-refractivity contribution is 5.93. The average molecular weight is 271 g/mol. The monoisotopic (exact) mass is 271 g/mol. The third-order valence-electron chi connectivity index (χ3n) is 3.71. The van der Waals surface area contributed by atoms with Gasteiger partial charge in [-0.3, -0.25) is 4.79 Å². The van der Waals surface area contributed by atoms with Crippen LogP contribution in [0.2, 0.25) is 0 Å². The Morgan fingerprint density at radius 3 is 2.70 bits per heavy atom. The number of hydrogen-bond acceptors (Lipinski definition) is 4. The van der Waals surface area contributed by atoms with Gasteiger partial charge in [-0.2, -0.15) is 0 Å². The first kappa shape index (κ1) is 12.9. The molecule has 0 aliphatic heterocycles. The molecule has 104 valence electrons. The molecule has 1 aliphatic rings. The van der Waals surface area contributed by atoms with E-state index in [1.165, 1.54) is 6.39 Å². The van der Waals surface area contributed by atoms with E-state index in [1.807, 2.05) is 24.3 Å². The Balaban J connectivity index is 1.65. The van der Waals surface area contributed by atoms with Gasteiger partial charge in [-0.25, -0.2) is 4.98 Å². The van der Waals surface area contributed by atoms with Crippen molar-refractivity contribution in [2.75, 3.05) is 5.32 Å². The minimum absolute atomic E-state index is 0.0407. The number of amides is 1. The maximum absolute atomic E-state index is 12.1. The Morgan fingerprint density at radius 2 is 2.10 bits per heavy atom. The molecule has 3 rings (SSSR count). The minimum atomic E-state index is 0.0407. The van der Waals surface area contributed by atoms with Crippen molar-refractivity contribution in [1.29, 1.82) is 0 Å². The summed E-state index contributed by atoms with van der Waals surface area (Å²) in [6.07, 6.45) is 5.65. The van der Waals surface area contributed by atoms with Crippen molar-refractivity contribution in [2.24, 2.45) is 11.7 Å². The van der Waals surface area contributed by atoms with Gasteiger partial charge in [-0.1, -0.05) is 0 Å². The molecule has 1 heterocycles. The lowest BCUT2D eigenvalue weighted by atomic mass is 10.1. The summed E-state index contributed by atoms with van der Waals surface area (Å²) in [6.45, 7) is 0. The molecule has 1 amide bonds. The number of anilines is 1. The van der Waals surface area contributed by atoms with Crippen LogP contribution in [0, 0.1) is 5.92 Å². The van der Waals surface area contributed by atoms with Crippen molar-refractivity contribution in [3.8, 4) is 11.3 Å². The van der Waals surface area contributed by atoms with E-state index in [9.17, 15) is 4.79 Å². The topological polar surface area (TPSA) is 81.2 Å². The van der Waals surface area contributed by atoms with Crippen LogP contribution in [-0.4, -0.2) is 16.9 Å². The van der Waals surface area contributed by atoms with Crippen LogP contribution < -0.4 is 11.1 Å². The van der Waals surface area contributed by atoms with E-state index in [4.69, 9.17) is 10.2 Å². The van der Waals surface area contributed by atoms with Crippen molar-refractivity contribution in [3.63, 3.8) is 0 Å². The normalized spacial score (nSPS) is 21.9. The Morgan fingerprint density at radius 1 is 1.30 bits per heavy atom. The predicted octanol–water partition coefficient (Wildman–Crippen LogP) is 2.41. The number of carbonyl (C=O) groups is 1. The summed E-state index contributed by atoms with van der Waals surface area (Å²) in [4.78, 5) is 16.0. The van der Waals surface area contributed by atoms with Gasteiger partial charge in [0.2, 0.25) is 5.91 Å². The number of aromatic nitrogens is 1. The maximum Gasteiger partial charge on any atom is 0.227 e. The van der Waals surface area contributed by atoms with Crippen LogP contribution in [0.1, 0.15) is 19.3 Å². The summed E-state index contributed by atoms with van der Waals surface area (Å²) in [7, 11) is 0. The predicted molar refractivity (Wildman–Crippen MR) is 75.9 cm³/mol. The summed E-state index contributed by atoms with van der Waals surface area (Å²) >= 11 is 0. The fraction of sp³-hybridized carbons (Fsp3) is 0.333. The Bertz CT molecular complexity index is 578. The molecular weight excluding hydrogens is 254 g/mol. The van der Waals surface area contributed by atoms with Gasteiger partial charge in [0.05, 0.1) is 6.20 Å². The van der Waals surface area contributed by atoms with Gasteiger partial charge in [0.25, 0.3) is 0 Å². The molecule has 1 saturated carbocycles. The second-order valence-electron chi connectivity index (χ2n) is 5.20. The Kier molecular flexibility index (Phi) is 3.52. The van der Waals surface area contributed by atoms with E-state index in [-0.39, 0.29) is 17.9 Å². The molecule has 20 heavy (non-hydrogen) atoms. The zero-order chi connectivity index (χ0) is 13.9. The third-order valence-corrected chi connectivity index (χ3v) is 3.71. The lowest BCUT2D eigenvalue weighted by molar-refractivity contribution is -0.119. The molecule has 3 N–H and O–H groups in total. The zero-order valence-corrected chi connectivity index (χ0v) is 11.1. The minimum Gasteiger partial charge on any atom is -0.444 e. The first-order valence-electron chi connectivity index (χ1n) is 6.78. The number of rotatable bonds is 3. The highest BCUT2D eigenvalue weighted by Crippen LogP contribution is 2.26. The second kappa shape index (κ2) is 5.46. The van der Waals surface area contributed by atoms with Gasteiger partial charge in [0.1, 0.15) is 0 Å². The fourth-order valence-electron chi connectivity index (χ4n) is 2.58. The van der Waals surface area contributed by atoms with Crippen LogP contribution in [-0.2, 0) is 4.79 Å². The van der Waals surface area contributed by atoms with Gasteiger partial charge in [-0.15, -0.1) is 0 Å². The van der Waals surface area contributed by atoms with E-state index in [0.717, 1.165) is 30.5 Å². The maximum atomic E-state index is 12.1. The van der Waals surface area contributed by atoms with Crippen LogP contribution in [0.5, 0.6) is 0 Å². The summed E-state index contributed by atoms with van der Waals surface area (Å²) in [5, 5.41) is 2.94. The lowest BCUT2D eigenvalue weighted by Gasteiger charge is -2.11. The zero-order valence-electron chi connectivity index (χ0n) is 11.1. The molecule has 2 unspecified atom stereocenters. The third kappa shape index (κ3) is 2.72. The molecule has 0 saturated heterocycles. The number of nitrogens with zero attached hydrogens (tertiary/aromatic N) is 1. The van der Waals surface area contributed by atoms with Crippen LogP contribution in [0.3, 0.4) is 0 Å². The molecule has 1 aromatic carbocycles. The molecule has 0 radical (unpaired) electrons. The highest BCUT2D eigenvalue weighted by Gasteiger charge is 2.27. The van der Waals surface area contributed by atoms with Gasteiger partial charge >= 0.3 is 0 Å². The largest absolute Gasteiger partial charge is 0.444 e. The van der Waals surface area contributed by atoms with Crippen LogP contribution in [0.25, 0.3) is 11.3 Å². The number of oxazole rings is 1. The van der Waals surface area contributed by atoms with Crippen molar-refractivity contribution in [1.82, 2.24) is 4.98 Å². The molecule has 1 aromatic heterocycles. The first-order chi connectivity index (χ1) is 9.72. The van der Waals surface area contributed by atoms with Gasteiger partial charge < -0.3 is 15.5 Å². The number of nitrogens with one attached hydrogen (secondary N) is 1. The first-order valence-corrected chi connectivity index (χ1v) is 6.78. The van der Waals surface area contributed by atoms with Crippen molar-refractivity contribution >= 4 is 11.6 Å².